The van der Waals surface area contributed by atoms with Crippen LogP contribution in [-0.2, 0) is 38.8 Å². The molecule has 0 amide bonds. The molecule has 280 valence electrons. The van der Waals surface area contributed by atoms with Gasteiger partial charge in [-0.3, -0.25) is 0 Å². The lowest BCUT2D eigenvalue weighted by Crippen LogP contribution is -2.42. The number of benzene rings is 4. The lowest BCUT2D eigenvalue weighted by molar-refractivity contribution is -0.138. The van der Waals surface area contributed by atoms with E-state index in [4.69, 9.17) is 43.7 Å². The first-order chi connectivity index (χ1) is 24.2. The van der Waals surface area contributed by atoms with Crippen LogP contribution in [0, 0.1) is 0 Å². The molecular formula is C36H36Cl2F6N2O3PS2+. The van der Waals surface area contributed by atoms with Gasteiger partial charge in [-0.15, -0.1) is 9.05 Å². The first-order valence-corrected chi connectivity index (χ1v) is 19.3. The molecule has 0 fully saturated rings. The average molecular weight is 825 g/mol. The molecule has 4 N–H and O–H groups in total. The van der Waals surface area contributed by atoms with Crippen molar-refractivity contribution in [2.45, 2.75) is 82.5 Å². The number of hydrogen-bond acceptors (Lipinski definition) is 7. The van der Waals surface area contributed by atoms with Crippen molar-refractivity contribution in [3.05, 3.63) is 117 Å². The smallest absolute Gasteiger partial charge is 0.323 e. The molecule has 0 aliphatic heterocycles. The van der Waals surface area contributed by atoms with E-state index in [1.165, 1.54) is 35.7 Å². The maximum absolute atomic E-state index is 13.1. The lowest BCUT2D eigenvalue weighted by atomic mass is 9.95. The first-order valence-electron chi connectivity index (χ1n) is 15.8. The van der Waals surface area contributed by atoms with Gasteiger partial charge in [0.05, 0.1) is 11.1 Å². The molecule has 52 heavy (non-hydrogen) atoms. The number of hydrogen-bond donors (Lipinski definition) is 2. The highest BCUT2D eigenvalue weighted by Crippen LogP contribution is 2.38. The summed E-state index contributed by atoms with van der Waals surface area (Å²) in [5.74, 6) is 0. The van der Waals surface area contributed by atoms with Gasteiger partial charge in [-0.25, -0.2) is 0 Å². The molecule has 0 radical (unpaired) electrons. The van der Waals surface area contributed by atoms with Gasteiger partial charge in [0, 0.05) is 45.3 Å². The minimum Gasteiger partial charge on any atom is -0.323 e. The van der Waals surface area contributed by atoms with Crippen LogP contribution in [0.15, 0.2) is 105 Å². The van der Waals surface area contributed by atoms with Crippen LogP contribution in [0.25, 0.3) is 0 Å². The van der Waals surface area contributed by atoms with E-state index < -0.39 is 42.8 Å². The Hall–Kier alpha value is -2.32. The molecule has 4 aromatic rings. The summed E-state index contributed by atoms with van der Waals surface area (Å²) in [6.07, 6.45) is -7.09. The second-order valence-electron chi connectivity index (χ2n) is 12.8. The van der Waals surface area contributed by atoms with Crippen molar-refractivity contribution in [1.82, 2.24) is 0 Å². The predicted molar refractivity (Wildman–Crippen MR) is 195 cm³/mol. The Bertz CT molecular complexity index is 1730. The molecule has 0 aromatic heterocycles. The highest BCUT2D eigenvalue weighted by atomic mass is 35.5. The molecule has 2 atom stereocenters. The topological polar surface area (TPSA) is 87.6 Å². The van der Waals surface area contributed by atoms with Gasteiger partial charge in [0.15, 0.2) is 0 Å². The highest BCUT2D eigenvalue weighted by Gasteiger charge is 2.33. The first kappa shape index (κ1) is 42.4. The zero-order chi connectivity index (χ0) is 38.3. The molecule has 0 saturated carbocycles. The maximum atomic E-state index is 13.1. The van der Waals surface area contributed by atoms with Crippen LogP contribution in [0.2, 0.25) is 10.0 Å². The zero-order valence-electron chi connectivity index (χ0n) is 28.0. The third kappa shape index (κ3) is 13.5. The minimum atomic E-state index is -4.43. The maximum Gasteiger partial charge on any atom is 0.697 e. The average Bonchev–Trinajstić information content (AvgIpc) is 3.05. The van der Waals surface area contributed by atoms with Crippen molar-refractivity contribution in [2.24, 2.45) is 11.5 Å². The van der Waals surface area contributed by atoms with Gasteiger partial charge < -0.3 is 11.5 Å². The molecule has 0 heterocycles. The second-order valence-corrected chi connectivity index (χ2v) is 16.9. The van der Waals surface area contributed by atoms with Crippen molar-refractivity contribution in [1.29, 1.82) is 0 Å². The summed E-state index contributed by atoms with van der Waals surface area (Å²) in [5, 5.41) is 0.883. The Labute approximate surface area is 318 Å². The zero-order valence-corrected chi connectivity index (χ0v) is 32.0. The van der Waals surface area contributed by atoms with Gasteiger partial charge in [-0.05, 0) is 111 Å². The SMILES string of the molecule is C[C@@](N)(CCc1ccc(Sc2cccc(C(F)(F)F)c2)cc1Cl)CO[P+](=O)OC[C@](C)(N)CCc1ccc(Sc2cccc(C(F)(F)F)c2)cc1Cl. The summed E-state index contributed by atoms with van der Waals surface area (Å²) in [4.78, 5) is 2.23. The third-order valence-corrected chi connectivity index (χ3v) is 11.1. The molecule has 4 rings (SSSR count). The van der Waals surface area contributed by atoms with Crippen molar-refractivity contribution in [3.63, 3.8) is 0 Å². The van der Waals surface area contributed by atoms with Crippen molar-refractivity contribution >= 4 is 55.0 Å². The van der Waals surface area contributed by atoms with Crippen LogP contribution in [0.1, 0.15) is 48.9 Å². The van der Waals surface area contributed by atoms with Gasteiger partial charge >= 0.3 is 20.6 Å². The van der Waals surface area contributed by atoms with Gasteiger partial charge in [-0.1, -0.05) is 71.0 Å². The van der Waals surface area contributed by atoms with Crippen molar-refractivity contribution in [2.75, 3.05) is 13.2 Å². The van der Waals surface area contributed by atoms with Gasteiger partial charge in [0.1, 0.15) is 13.2 Å². The number of nitrogens with two attached hydrogens (primary N) is 2. The van der Waals surface area contributed by atoms with E-state index >= 15 is 0 Å². The minimum absolute atomic E-state index is 0.0783. The van der Waals surface area contributed by atoms with E-state index in [9.17, 15) is 30.9 Å². The summed E-state index contributed by atoms with van der Waals surface area (Å²) in [7, 11) is -2.54. The summed E-state index contributed by atoms with van der Waals surface area (Å²) in [5.41, 5.74) is 11.1. The molecule has 0 aliphatic carbocycles. The molecule has 0 unspecified atom stereocenters. The number of rotatable bonds is 16. The molecule has 0 spiro atoms. The predicted octanol–water partition coefficient (Wildman–Crippen LogP) is 12.0. The Kier molecular flexibility index (Phi) is 14.6. The fraction of sp³-hybridized carbons (Fsp3) is 0.333. The van der Waals surface area contributed by atoms with E-state index in [0.717, 1.165) is 35.4 Å². The molecule has 0 bridgehead atoms. The van der Waals surface area contributed by atoms with Crippen LogP contribution >= 0.6 is 55.0 Å². The normalized spacial score (nSPS) is 14.5. The number of halogens is 8. The summed E-state index contributed by atoms with van der Waals surface area (Å²) < 4.78 is 102. The fourth-order valence-electron chi connectivity index (χ4n) is 4.75. The number of aryl methyl sites for hydroxylation is 2. The van der Waals surface area contributed by atoms with Crippen LogP contribution in [0.4, 0.5) is 26.3 Å². The summed E-state index contributed by atoms with van der Waals surface area (Å²) in [6.45, 7) is 3.32. The Morgan fingerprint density at radius 1 is 0.615 bits per heavy atom. The molecule has 0 aliphatic rings. The van der Waals surface area contributed by atoms with E-state index in [-0.39, 0.29) is 13.2 Å². The summed E-state index contributed by atoms with van der Waals surface area (Å²) in [6, 6.07) is 20.6. The monoisotopic (exact) mass is 823 g/mol. The second kappa shape index (κ2) is 17.9. The largest absolute Gasteiger partial charge is 0.697 e. The summed E-state index contributed by atoms with van der Waals surface area (Å²) >= 11 is 15.3. The Morgan fingerprint density at radius 3 is 1.33 bits per heavy atom. The van der Waals surface area contributed by atoms with Gasteiger partial charge in [0.2, 0.25) is 0 Å². The Morgan fingerprint density at radius 2 is 0.981 bits per heavy atom. The molecule has 16 heteroatoms. The van der Waals surface area contributed by atoms with Crippen LogP contribution < -0.4 is 11.5 Å². The van der Waals surface area contributed by atoms with Crippen molar-refractivity contribution < 1.29 is 40.0 Å². The van der Waals surface area contributed by atoms with Gasteiger partial charge in [0.25, 0.3) is 0 Å². The number of alkyl halides is 6. The van der Waals surface area contributed by atoms with E-state index in [2.05, 4.69) is 0 Å². The van der Waals surface area contributed by atoms with E-state index in [1.807, 2.05) is 0 Å². The standard InChI is InChI=1S/C36H36Cl2F6N2O3PS2/c1-33(45,15-13-23-9-11-29(19-31(23)37)51-27-7-3-5-25(17-27)35(39,40)41)21-48-50(47)49-22-34(2,46)16-14-24-10-12-30(20-32(24)38)52-28-8-4-6-26(18-28)36(42,43)44/h3-12,17-20H,13-16,21-22,45-46H2,1-2H3/q+1/t33-,34-/m1/s1. The van der Waals surface area contributed by atoms with Crippen LogP contribution in [0.5, 0.6) is 0 Å². The molecule has 4 aromatic carbocycles. The Balaban J connectivity index is 1.20. The third-order valence-electron chi connectivity index (χ3n) is 7.77. The van der Waals surface area contributed by atoms with E-state index in [0.29, 0.717) is 55.3 Å². The van der Waals surface area contributed by atoms with Crippen molar-refractivity contribution in [3.8, 4) is 0 Å². The highest BCUT2D eigenvalue weighted by molar-refractivity contribution is 7.99. The van der Waals surface area contributed by atoms with Gasteiger partial charge in [-0.2, -0.15) is 26.3 Å². The lowest BCUT2D eigenvalue weighted by Gasteiger charge is -2.23. The quantitative estimate of drug-likeness (QED) is 0.0859. The molecular weight excluding hydrogens is 788 g/mol. The van der Waals surface area contributed by atoms with Crippen LogP contribution in [-0.4, -0.2) is 24.3 Å². The van der Waals surface area contributed by atoms with E-state index in [1.54, 1.807) is 62.4 Å². The molecule has 5 nitrogen and oxygen atoms in total. The van der Waals surface area contributed by atoms with Crippen LogP contribution in [0.3, 0.4) is 0 Å². The fourth-order valence-corrected chi connectivity index (χ4v) is 8.14. The molecule has 0 saturated heterocycles.